The van der Waals surface area contributed by atoms with Crippen molar-refractivity contribution in [1.29, 1.82) is 0 Å². The standard InChI is InChI=1S/C18H15N3O3/c1-2-10-24-18-16(14(23)11-22)20-17-15(21-18)13(8-9-19-17)12-6-4-3-5-7-12/h3-9,11H,2,10H2,1H3. The average molecular weight is 321 g/mol. The summed E-state index contributed by atoms with van der Waals surface area (Å²) in [6.45, 7) is 2.31. The zero-order chi connectivity index (χ0) is 16.9. The fourth-order valence-electron chi connectivity index (χ4n) is 2.31. The van der Waals surface area contributed by atoms with E-state index in [1.807, 2.05) is 43.3 Å². The van der Waals surface area contributed by atoms with Gasteiger partial charge in [-0.2, -0.15) is 0 Å². The summed E-state index contributed by atoms with van der Waals surface area (Å²) in [4.78, 5) is 35.5. The van der Waals surface area contributed by atoms with Crippen LogP contribution in [0.25, 0.3) is 22.3 Å². The molecule has 24 heavy (non-hydrogen) atoms. The fraction of sp³-hybridized carbons (Fsp3) is 0.167. The van der Waals surface area contributed by atoms with Crippen LogP contribution in [0, 0.1) is 0 Å². The zero-order valence-electron chi connectivity index (χ0n) is 13.1. The van der Waals surface area contributed by atoms with Crippen molar-refractivity contribution in [2.75, 3.05) is 6.61 Å². The van der Waals surface area contributed by atoms with Crippen LogP contribution in [0.2, 0.25) is 0 Å². The van der Waals surface area contributed by atoms with Crippen molar-refractivity contribution in [2.24, 2.45) is 0 Å². The highest BCUT2D eigenvalue weighted by Crippen LogP contribution is 2.28. The summed E-state index contributed by atoms with van der Waals surface area (Å²) in [7, 11) is 0. The molecule has 0 aliphatic rings. The van der Waals surface area contributed by atoms with Crippen LogP contribution < -0.4 is 4.74 Å². The van der Waals surface area contributed by atoms with Gasteiger partial charge < -0.3 is 4.74 Å². The Morgan fingerprint density at radius 2 is 1.96 bits per heavy atom. The minimum absolute atomic E-state index is 0.0617. The van der Waals surface area contributed by atoms with Gasteiger partial charge in [0.25, 0.3) is 0 Å². The van der Waals surface area contributed by atoms with E-state index in [1.165, 1.54) is 0 Å². The lowest BCUT2D eigenvalue weighted by Crippen LogP contribution is -2.11. The Morgan fingerprint density at radius 3 is 2.67 bits per heavy atom. The number of hydrogen-bond acceptors (Lipinski definition) is 6. The molecule has 0 amide bonds. The molecule has 0 aliphatic heterocycles. The van der Waals surface area contributed by atoms with Crippen molar-refractivity contribution in [3.63, 3.8) is 0 Å². The molecule has 0 atom stereocenters. The molecule has 1 aromatic carbocycles. The van der Waals surface area contributed by atoms with Gasteiger partial charge in [0, 0.05) is 11.8 Å². The first kappa shape index (κ1) is 15.7. The van der Waals surface area contributed by atoms with Gasteiger partial charge in [0.1, 0.15) is 5.52 Å². The monoisotopic (exact) mass is 321 g/mol. The fourth-order valence-corrected chi connectivity index (χ4v) is 2.31. The molecule has 6 nitrogen and oxygen atoms in total. The van der Waals surface area contributed by atoms with Gasteiger partial charge in [-0.05, 0) is 18.1 Å². The highest BCUT2D eigenvalue weighted by atomic mass is 16.5. The maximum atomic E-state index is 11.8. The highest BCUT2D eigenvalue weighted by molar-refractivity contribution is 6.33. The number of benzene rings is 1. The first-order chi connectivity index (χ1) is 11.7. The molecule has 0 unspecified atom stereocenters. The van der Waals surface area contributed by atoms with Gasteiger partial charge in [0.15, 0.2) is 17.6 Å². The van der Waals surface area contributed by atoms with Crippen molar-refractivity contribution >= 4 is 23.2 Å². The Bertz CT molecular complexity index is 895. The first-order valence-electron chi connectivity index (χ1n) is 7.59. The molecule has 0 saturated carbocycles. The Kier molecular flexibility index (Phi) is 4.56. The summed E-state index contributed by atoms with van der Waals surface area (Å²) in [5, 5.41) is 0. The molecular formula is C18H15N3O3. The number of rotatable bonds is 6. The number of pyridine rings is 1. The summed E-state index contributed by atoms with van der Waals surface area (Å²) in [5.41, 5.74) is 2.50. The van der Waals surface area contributed by atoms with Crippen LogP contribution in [-0.4, -0.2) is 33.6 Å². The molecule has 0 fully saturated rings. The van der Waals surface area contributed by atoms with Crippen molar-refractivity contribution in [2.45, 2.75) is 13.3 Å². The number of nitrogens with zero attached hydrogens (tertiary/aromatic N) is 3. The molecule has 0 N–H and O–H groups in total. The summed E-state index contributed by atoms with van der Waals surface area (Å²) in [6, 6.07) is 11.5. The Labute approximate surface area is 138 Å². The number of aldehydes is 1. The zero-order valence-corrected chi connectivity index (χ0v) is 13.1. The van der Waals surface area contributed by atoms with Crippen LogP contribution in [0.1, 0.15) is 23.8 Å². The smallest absolute Gasteiger partial charge is 0.249 e. The van der Waals surface area contributed by atoms with Gasteiger partial charge in [-0.1, -0.05) is 37.3 Å². The number of carbonyl (C=O) groups is 2. The third-order valence-electron chi connectivity index (χ3n) is 3.41. The normalized spacial score (nSPS) is 10.5. The molecule has 0 aliphatic carbocycles. The summed E-state index contributed by atoms with van der Waals surface area (Å²) in [6.07, 6.45) is 2.55. The second-order valence-electron chi connectivity index (χ2n) is 5.10. The minimum Gasteiger partial charge on any atom is -0.476 e. The predicted molar refractivity (Wildman–Crippen MR) is 88.9 cm³/mol. The Morgan fingerprint density at radius 1 is 1.17 bits per heavy atom. The molecule has 0 spiro atoms. The van der Waals surface area contributed by atoms with E-state index in [0.717, 1.165) is 17.5 Å². The van der Waals surface area contributed by atoms with Gasteiger partial charge in [-0.25, -0.2) is 15.0 Å². The van der Waals surface area contributed by atoms with Crippen LogP contribution in [0.3, 0.4) is 0 Å². The molecule has 3 rings (SSSR count). The average Bonchev–Trinajstić information content (AvgIpc) is 2.65. The largest absolute Gasteiger partial charge is 0.476 e. The topological polar surface area (TPSA) is 82.0 Å². The Hall–Kier alpha value is -3.15. The lowest BCUT2D eigenvalue weighted by atomic mass is 10.1. The SMILES string of the molecule is CCCOc1nc2c(-c3ccccc3)ccnc2nc1C(=O)C=O. The number of fused-ring (bicyclic) bond motifs is 1. The van der Waals surface area contributed by atoms with Gasteiger partial charge in [-0.15, -0.1) is 0 Å². The second-order valence-corrected chi connectivity index (χ2v) is 5.10. The molecule has 6 heteroatoms. The summed E-state index contributed by atoms with van der Waals surface area (Å²) in [5.74, 6) is -0.714. The van der Waals surface area contributed by atoms with Gasteiger partial charge in [0.05, 0.1) is 6.61 Å². The van der Waals surface area contributed by atoms with Crippen molar-refractivity contribution in [3.05, 3.63) is 48.3 Å². The van der Waals surface area contributed by atoms with E-state index in [4.69, 9.17) is 4.74 Å². The van der Waals surface area contributed by atoms with E-state index in [0.29, 0.717) is 17.8 Å². The predicted octanol–water partition coefficient (Wildman–Crippen LogP) is 2.86. The molecule has 2 heterocycles. The number of carbonyl (C=O) groups excluding carboxylic acids is 2. The lowest BCUT2D eigenvalue weighted by Gasteiger charge is -2.10. The summed E-state index contributed by atoms with van der Waals surface area (Å²) < 4.78 is 5.53. The number of ether oxygens (including phenoxy) is 1. The van der Waals surface area contributed by atoms with Crippen molar-refractivity contribution < 1.29 is 14.3 Å². The molecule has 0 saturated heterocycles. The van der Waals surface area contributed by atoms with Gasteiger partial charge in [-0.3, -0.25) is 9.59 Å². The number of ketones is 1. The quantitative estimate of drug-likeness (QED) is 0.394. The van der Waals surface area contributed by atoms with Crippen LogP contribution >= 0.6 is 0 Å². The van der Waals surface area contributed by atoms with Crippen LogP contribution in [0.15, 0.2) is 42.6 Å². The van der Waals surface area contributed by atoms with E-state index in [9.17, 15) is 9.59 Å². The molecule has 120 valence electrons. The van der Waals surface area contributed by atoms with Crippen LogP contribution in [0.5, 0.6) is 5.88 Å². The third-order valence-corrected chi connectivity index (χ3v) is 3.41. The van der Waals surface area contributed by atoms with Crippen molar-refractivity contribution in [3.8, 4) is 17.0 Å². The van der Waals surface area contributed by atoms with E-state index in [1.54, 1.807) is 6.20 Å². The number of aromatic nitrogens is 3. The maximum absolute atomic E-state index is 11.8. The molecular weight excluding hydrogens is 306 g/mol. The number of hydrogen-bond donors (Lipinski definition) is 0. The van der Waals surface area contributed by atoms with Crippen LogP contribution in [-0.2, 0) is 4.79 Å². The lowest BCUT2D eigenvalue weighted by molar-refractivity contribution is -0.104. The van der Waals surface area contributed by atoms with E-state index in [2.05, 4.69) is 15.0 Å². The summed E-state index contributed by atoms with van der Waals surface area (Å²) >= 11 is 0. The highest BCUT2D eigenvalue weighted by Gasteiger charge is 2.19. The van der Waals surface area contributed by atoms with E-state index in [-0.39, 0.29) is 17.9 Å². The minimum atomic E-state index is -0.776. The maximum Gasteiger partial charge on any atom is 0.249 e. The Balaban J connectivity index is 2.23. The van der Waals surface area contributed by atoms with E-state index >= 15 is 0 Å². The van der Waals surface area contributed by atoms with Crippen molar-refractivity contribution in [1.82, 2.24) is 15.0 Å². The molecule has 3 aromatic rings. The molecule has 0 bridgehead atoms. The second kappa shape index (κ2) is 6.95. The van der Waals surface area contributed by atoms with Crippen LogP contribution in [0.4, 0.5) is 0 Å². The molecule has 0 radical (unpaired) electrons. The van der Waals surface area contributed by atoms with E-state index < -0.39 is 5.78 Å². The third kappa shape index (κ3) is 2.99. The van der Waals surface area contributed by atoms with Gasteiger partial charge >= 0.3 is 0 Å². The molecule has 2 aromatic heterocycles. The number of Topliss-reactive ketones (excluding diaryl/α,β-unsaturated/α-hetero) is 1. The van der Waals surface area contributed by atoms with Gasteiger partial charge in [0.2, 0.25) is 11.7 Å². The first-order valence-corrected chi connectivity index (χ1v) is 7.59.